The van der Waals surface area contributed by atoms with Crippen molar-refractivity contribution in [3.8, 4) is 5.75 Å². The van der Waals surface area contributed by atoms with Crippen molar-refractivity contribution in [2.24, 2.45) is 18.4 Å². The maximum absolute atomic E-state index is 5.57. The van der Waals surface area contributed by atoms with Crippen molar-refractivity contribution < 1.29 is 4.74 Å². The topological polar surface area (TPSA) is 39.1 Å². The predicted octanol–water partition coefficient (Wildman–Crippen LogP) is 3.09. The van der Waals surface area contributed by atoms with Gasteiger partial charge in [0.05, 0.1) is 19.0 Å². The van der Waals surface area contributed by atoms with Gasteiger partial charge in [0.1, 0.15) is 0 Å². The maximum Gasteiger partial charge on any atom is 0.160 e. The van der Waals surface area contributed by atoms with Crippen molar-refractivity contribution in [3.63, 3.8) is 0 Å². The van der Waals surface area contributed by atoms with Gasteiger partial charge in [-0.05, 0) is 50.0 Å². The zero-order valence-electron chi connectivity index (χ0n) is 13.9. The van der Waals surface area contributed by atoms with Crippen LogP contribution in [0.25, 0.3) is 0 Å². The van der Waals surface area contributed by atoms with Gasteiger partial charge in [-0.1, -0.05) is 13.8 Å². The van der Waals surface area contributed by atoms with E-state index in [0.717, 1.165) is 18.3 Å². The number of nitrogens with one attached hydrogen (secondary N) is 1. The van der Waals surface area contributed by atoms with Crippen molar-refractivity contribution in [2.45, 2.75) is 57.9 Å². The van der Waals surface area contributed by atoms with Gasteiger partial charge in [0, 0.05) is 19.0 Å². The van der Waals surface area contributed by atoms with Crippen molar-refractivity contribution >= 4 is 0 Å². The van der Waals surface area contributed by atoms with Gasteiger partial charge in [-0.15, -0.1) is 0 Å². The highest BCUT2D eigenvalue weighted by atomic mass is 16.5. The van der Waals surface area contributed by atoms with Crippen LogP contribution in [0.2, 0.25) is 0 Å². The number of ether oxygens (including phenoxy) is 1. The second-order valence-electron chi connectivity index (χ2n) is 7.68. The molecule has 2 aliphatic carbocycles. The van der Waals surface area contributed by atoms with Crippen molar-refractivity contribution in [2.75, 3.05) is 13.7 Å². The molecule has 21 heavy (non-hydrogen) atoms. The largest absolute Gasteiger partial charge is 0.493 e. The molecule has 0 amide bonds. The Kier molecular flexibility index (Phi) is 4.00. The highest BCUT2D eigenvalue weighted by Gasteiger charge is 2.39. The normalized spacial score (nSPS) is 28.6. The van der Waals surface area contributed by atoms with Crippen molar-refractivity contribution in [1.82, 2.24) is 15.1 Å². The Morgan fingerprint density at radius 1 is 1.38 bits per heavy atom. The highest BCUT2D eigenvalue weighted by Crippen LogP contribution is 2.48. The first-order valence-electron chi connectivity index (χ1n) is 8.29. The molecule has 2 saturated carbocycles. The standard InChI is InChI=1S/C17H29N3O/c1-17(2)8-7-12(10-18-13-5-6-13)14(9-17)16-15(21-4)11-19-20(16)3/h11-14,18H,5-10H2,1-4H3. The van der Waals surface area contributed by atoms with Crippen LogP contribution in [0.1, 0.15) is 57.6 Å². The van der Waals surface area contributed by atoms with Crippen molar-refractivity contribution in [3.05, 3.63) is 11.9 Å². The van der Waals surface area contributed by atoms with Crippen LogP contribution in [0.15, 0.2) is 6.20 Å². The summed E-state index contributed by atoms with van der Waals surface area (Å²) >= 11 is 0. The summed E-state index contributed by atoms with van der Waals surface area (Å²) in [5, 5.41) is 8.16. The van der Waals surface area contributed by atoms with E-state index in [9.17, 15) is 0 Å². The molecule has 2 aliphatic rings. The van der Waals surface area contributed by atoms with Crippen LogP contribution < -0.4 is 10.1 Å². The van der Waals surface area contributed by atoms with E-state index in [-0.39, 0.29) is 0 Å². The third-order valence-electron chi connectivity index (χ3n) is 5.30. The van der Waals surface area contributed by atoms with Gasteiger partial charge in [0.2, 0.25) is 0 Å². The van der Waals surface area contributed by atoms with Crippen molar-refractivity contribution in [1.29, 1.82) is 0 Å². The van der Waals surface area contributed by atoms with E-state index in [0.29, 0.717) is 17.3 Å². The maximum atomic E-state index is 5.57. The van der Waals surface area contributed by atoms with E-state index in [2.05, 4.69) is 24.3 Å². The van der Waals surface area contributed by atoms with E-state index in [1.54, 1.807) is 7.11 Å². The lowest BCUT2D eigenvalue weighted by molar-refractivity contribution is 0.153. The monoisotopic (exact) mass is 291 g/mol. The Hall–Kier alpha value is -1.03. The quantitative estimate of drug-likeness (QED) is 0.906. The fourth-order valence-corrected chi connectivity index (χ4v) is 3.82. The molecule has 0 saturated heterocycles. The molecule has 1 aromatic heterocycles. The highest BCUT2D eigenvalue weighted by molar-refractivity contribution is 5.30. The van der Waals surface area contributed by atoms with Crippen LogP contribution in [-0.4, -0.2) is 29.5 Å². The molecule has 4 heteroatoms. The van der Waals surface area contributed by atoms with Crippen LogP contribution in [-0.2, 0) is 7.05 Å². The number of aromatic nitrogens is 2. The molecule has 1 N–H and O–H groups in total. The molecule has 2 unspecified atom stereocenters. The Morgan fingerprint density at radius 2 is 2.14 bits per heavy atom. The molecule has 3 rings (SSSR count). The Balaban J connectivity index is 1.82. The molecule has 1 heterocycles. The van der Waals surface area contributed by atoms with Gasteiger partial charge < -0.3 is 10.1 Å². The van der Waals surface area contributed by atoms with Gasteiger partial charge in [0.25, 0.3) is 0 Å². The summed E-state index contributed by atoms with van der Waals surface area (Å²) in [7, 11) is 3.80. The summed E-state index contributed by atoms with van der Waals surface area (Å²) < 4.78 is 7.59. The SMILES string of the molecule is COc1cnn(C)c1C1CC(C)(C)CCC1CNC1CC1. The lowest BCUT2D eigenvalue weighted by Gasteiger charge is -2.41. The number of aryl methyl sites for hydroxylation is 1. The van der Waals surface area contributed by atoms with E-state index in [1.807, 2.05) is 17.9 Å². The summed E-state index contributed by atoms with van der Waals surface area (Å²) in [6, 6.07) is 0.786. The summed E-state index contributed by atoms with van der Waals surface area (Å²) in [6.45, 7) is 5.93. The van der Waals surface area contributed by atoms with E-state index in [4.69, 9.17) is 4.74 Å². The lowest BCUT2D eigenvalue weighted by atomic mass is 9.66. The Bertz CT molecular complexity index is 488. The molecule has 0 aliphatic heterocycles. The number of methoxy groups -OCH3 is 1. The molecule has 2 fully saturated rings. The Labute approximate surface area is 128 Å². The summed E-state index contributed by atoms with van der Waals surface area (Å²) in [4.78, 5) is 0. The van der Waals surface area contributed by atoms with Crippen LogP contribution in [0.4, 0.5) is 0 Å². The van der Waals surface area contributed by atoms with Gasteiger partial charge in [0.15, 0.2) is 5.75 Å². The molecule has 0 bridgehead atoms. The molecule has 0 radical (unpaired) electrons. The van der Waals surface area contributed by atoms with Crippen LogP contribution in [0.3, 0.4) is 0 Å². The molecular formula is C17H29N3O. The first kappa shape index (κ1) is 14.9. The van der Waals surface area contributed by atoms with Gasteiger partial charge >= 0.3 is 0 Å². The van der Waals surface area contributed by atoms with E-state index >= 15 is 0 Å². The molecule has 2 atom stereocenters. The molecule has 0 aromatic carbocycles. The minimum atomic E-state index is 0.413. The number of rotatable bonds is 5. The third-order valence-corrected chi connectivity index (χ3v) is 5.30. The zero-order chi connectivity index (χ0) is 15.0. The second-order valence-corrected chi connectivity index (χ2v) is 7.68. The summed E-state index contributed by atoms with van der Waals surface area (Å²) in [6.07, 6.45) is 8.42. The smallest absolute Gasteiger partial charge is 0.160 e. The number of hydrogen-bond donors (Lipinski definition) is 1. The van der Waals surface area contributed by atoms with Crippen LogP contribution >= 0.6 is 0 Å². The van der Waals surface area contributed by atoms with Gasteiger partial charge in [-0.2, -0.15) is 5.10 Å². The Morgan fingerprint density at radius 3 is 2.81 bits per heavy atom. The van der Waals surface area contributed by atoms with Crippen LogP contribution in [0.5, 0.6) is 5.75 Å². The fraction of sp³-hybridized carbons (Fsp3) is 0.824. The molecule has 118 valence electrons. The molecular weight excluding hydrogens is 262 g/mol. The minimum Gasteiger partial charge on any atom is -0.493 e. The van der Waals surface area contributed by atoms with E-state index < -0.39 is 0 Å². The first-order chi connectivity index (χ1) is 10.00. The van der Waals surface area contributed by atoms with Gasteiger partial charge in [-0.3, -0.25) is 4.68 Å². The summed E-state index contributed by atoms with van der Waals surface area (Å²) in [5.74, 6) is 2.20. The predicted molar refractivity (Wildman–Crippen MR) is 84.6 cm³/mol. The lowest BCUT2D eigenvalue weighted by Crippen LogP contribution is -2.36. The summed E-state index contributed by atoms with van der Waals surface area (Å²) in [5.41, 5.74) is 1.70. The van der Waals surface area contributed by atoms with Gasteiger partial charge in [-0.25, -0.2) is 0 Å². The molecule has 1 aromatic rings. The average Bonchev–Trinajstić information content (AvgIpc) is 3.18. The fourth-order valence-electron chi connectivity index (χ4n) is 3.82. The molecule has 0 spiro atoms. The number of hydrogen-bond acceptors (Lipinski definition) is 3. The average molecular weight is 291 g/mol. The second kappa shape index (κ2) is 5.64. The third kappa shape index (κ3) is 3.25. The van der Waals surface area contributed by atoms with Crippen LogP contribution in [0, 0.1) is 11.3 Å². The first-order valence-corrected chi connectivity index (χ1v) is 8.29. The van der Waals surface area contributed by atoms with E-state index in [1.165, 1.54) is 37.8 Å². The zero-order valence-corrected chi connectivity index (χ0v) is 13.9. The minimum absolute atomic E-state index is 0.413. The molecule has 4 nitrogen and oxygen atoms in total. The number of nitrogens with zero attached hydrogens (tertiary/aromatic N) is 2.